The molecular formula is C15H20BrNO4S. The fourth-order valence-electron chi connectivity index (χ4n) is 1.71. The summed E-state index contributed by atoms with van der Waals surface area (Å²) in [7, 11) is 1.50. The van der Waals surface area contributed by atoms with Crippen LogP contribution in [0, 0.1) is 0 Å². The van der Waals surface area contributed by atoms with Crippen LogP contribution in [0.4, 0.5) is 0 Å². The van der Waals surface area contributed by atoms with E-state index in [9.17, 15) is 9.59 Å². The average Bonchev–Trinajstić information content (AvgIpc) is 2.49. The summed E-state index contributed by atoms with van der Waals surface area (Å²) in [6.07, 6.45) is 1.29. The highest BCUT2D eigenvalue weighted by Crippen LogP contribution is 2.21. The van der Waals surface area contributed by atoms with Gasteiger partial charge in [-0.15, -0.1) is 11.8 Å². The third-order valence-corrected chi connectivity index (χ3v) is 4.50. The van der Waals surface area contributed by atoms with E-state index >= 15 is 0 Å². The summed E-state index contributed by atoms with van der Waals surface area (Å²) in [4.78, 5) is 23.9. The van der Waals surface area contributed by atoms with Crippen LogP contribution in [0.2, 0.25) is 0 Å². The van der Waals surface area contributed by atoms with Crippen LogP contribution in [-0.4, -0.2) is 42.5 Å². The first kappa shape index (κ1) is 19.0. The Balaban J connectivity index is 2.24. The van der Waals surface area contributed by atoms with Crippen molar-refractivity contribution in [3.63, 3.8) is 0 Å². The maximum atomic E-state index is 11.7. The van der Waals surface area contributed by atoms with Crippen molar-refractivity contribution in [2.45, 2.75) is 30.2 Å². The van der Waals surface area contributed by atoms with Crippen molar-refractivity contribution in [2.24, 2.45) is 0 Å². The number of hydrogen-bond donors (Lipinski definition) is 2. The van der Waals surface area contributed by atoms with E-state index in [4.69, 9.17) is 9.84 Å². The van der Waals surface area contributed by atoms with Gasteiger partial charge >= 0.3 is 5.97 Å². The molecule has 1 unspecified atom stereocenters. The van der Waals surface area contributed by atoms with Gasteiger partial charge in [0, 0.05) is 35.9 Å². The SMILES string of the molecule is COCCC(NC(=O)CCCSc1ccc(Br)cc1)C(=O)O. The van der Waals surface area contributed by atoms with Gasteiger partial charge in [0.25, 0.3) is 0 Å². The largest absolute Gasteiger partial charge is 0.480 e. The molecular weight excluding hydrogens is 370 g/mol. The Labute approximate surface area is 142 Å². The van der Waals surface area contributed by atoms with E-state index in [1.54, 1.807) is 11.8 Å². The third-order valence-electron chi connectivity index (χ3n) is 2.87. The van der Waals surface area contributed by atoms with Crippen molar-refractivity contribution >= 4 is 39.6 Å². The molecule has 0 saturated carbocycles. The van der Waals surface area contributed by atoms with Gasteiger partial charge < -0.3 is 15.2 Å². The molecule has 22 heavy (non-hydrogen) atoms. The molecule has 0 radical (unpaired) electrons. The van der Waals surface area contributed by atoms with Gasteiger partial charge in [-0.2, -0.15) is 0 Å². The molecule has 7 heteroatoms. The minimum absolute atomic E-state index is 0.236. The van der Waals surface area contributed by atoms with E-state index in [1.807, 2.05) is 24.3 Å². The number of hydrogen-bond acceptors (Lipinski definition) is 4. The fourth-order valence-corrected chi connectivity index (χ4v) is 2.83. The van der Waals surface area contributed by atoms with Crippen molar-refractivity contribution in [3.05, 3.63) is 28.7 Å². The highest BCUT2D eigenvalue weighted by molar-refractivity contribution is 9.10. The summed E-state index contributed by atoms with van der Waals surface area (Å²) in [5.74, 6) is -0.459. The Morgan fingerprint density at radius 2 is 2.05 bits per heavy atom. The smallest absolute Gasteiger partial charge is 0.326 e. The molecule has 0 fully saturated rings. The predicted octanol–water partition coefficient (Wildman–Crippen LogP) is 2.93. The van der Waals surface area contributed by atoms with Gasteiger partial charge in [-0.05, 0) is 36.4 Å². The Morgan fingerprint density at radius 1 is 1.36 bits per heavy atom. The minimum Gasteiger partial charge on any atom is -0.480 e. The number of halogens is 1. The molecule has 0 spiro atoms. The quantitative estimate of drug-likeness (QED) is 0.475. The molecule has 0 aliphatic carbocycles. The zero-order valence-electron chi connectivity index (χ0n) is 12.4. The summed E-state index contributed by atoms with van der Waals surface area (Å²) in [5.41, 5.74) is 0. The van der Waals surface area contributed by atoms with Crippen LogP contribution >= 0.6 is 27.7 Å². The Morgan fingerprint density at radius 3 is 2.64 bits per heavy atom. The number of nitrogens with one attached hydrogen (secondary N) is 1. The summed E-state index contributed by atoms with van der Waals surface area (Å²) >= 11 is 5.05. The van der Waals surface area contributed by atoms with Crippen molar-refractivity contribution in [1.29, 1.82) is 0 Å². The number of benzene rings is 1. The standard InChI is InChI=1S/C15H20BrNO4S/c1-21-9-8-13(15(19)20)17-14(18)3-2-10-22-12-6-4-11(16)5-7-12/h4-7,13H,2-3,8-10H2,1H3,(H,17,18)(H,19,20). The van der Waals surface area contributed by atoms with Crippen molar-refractivity contribution < 1.29 is 19.4 Å². The minimum atomic E-state index is -1.03. The summed E-state index contributed by atoms with van der Waals surface area (Å²) in [6.45, 7) is 0.302. The zero-order chi connectivity index (χ0) is 16.4. The summed E-state index contributed by atoms with van der Waals surface area (Å²) in [6, 6.07) is 7.09. The number of carboxylic acid groups (broad SMARTS) is 1. The van der Waals surface area contributed by atoms with Crippen LogP contribution in [0.25, 0.3) is 0 Å². The molecule has 2 N–H and O–H groups in total. The van der Waals surface area contributed by atoms with Crippen LogP contribution in [-0.2, 0) is 14.3 Å². The second kappa shape index (κ2) is 10.6. The number of carbonyl (C=O) groups excluding carboxylic acids is 1. The van der Waals surface area contributed by atoms with Gasteiger partial charge in [-0.25, -0.2) is 4.79 Å². The topological polar surface area (TPSA) is 75.6 Å². The lowest BCUT2D eigenvalue weighted by Crippen LogP contribution is -2.41. The number of carbonyl (C=O) groups is 2. The number of thioether (sulfide) groups is 1. The molecule has 1 atom stereocenters. The lowest BCUT2D eigenvalue weighted by atomic mass is 10.2. The molecule has 0 aliphatic rings. The summed E-state index contributed by atoms with van der Waals surface area (Å²) in [5, 5.41) is 11.5. The van der Waals surface area contributed by atoms with Crippen molar-refractivity contribution in [3.8, 4) is 0 Å². The molecule has 1 rings (SSSR count). The molecule has 0 aliphatic heterocycles. The molecule has 1 amide bonds. The number of rotatable bonds is 10. The van der Waals surface area contributed by atoms with Gasteiger partial charge in [0.1, 0.15) is 6.04 Å². The Kier molecular flexibility index (Phi) is 9.19. The van der Waals surface area contributed by atoms with Gasteiger partial charge in [-0.3, -0.25) is 4.79 Å². The van der Waals surface area contributed by atoms with E-state index in [-0.39, 0.29) is 12.3 Å². The van der Waals surface area contributed by atoms with Crippen LogP contribution in [0.3, 0.4) is 0 Å². The average molecular weight is 390 g/mol. The predicted molar refractivity (Wildman–Crippen MR) is 90.2 cm³/mol. The van der Waals surface area contributed by atoms with E-state index in [1.165, 1.54) is 7.11 Å². The van der Waals surface area contributed by atoms with E-state index in [0.717, 1.165) is 15.1 Å². The first-order chi connectivity index (χ1) is 10.5. The maximum Gasteiger partial charge on any atom is 0.326 e. The van der Waals surface area contributed by atoms with Crippen LogP contribution in [0.5, 0.6) is 0 Å². The molecule has 0 bridgehead atoms. The third kappa shape index (κ3) is 7.82. The lowest BCUT2D eigenvalue weighted by molar-refractivity contribution is -0.142. The van der Waals surface area contributed by atoms with Gasteiger partial charge in [-0.1, -0.05) is 15.9 Å². The normalized spacial score (nSPS) is 11.9. The van der Waals surface area contributed by atoms with Crippen molar-refractivity contribution in [1.82, 2.24) is 5.32 Å². The van der Waals surface area contributed by atoms with Crippen LogP contribution in [0.15, 0.2) is 33.6 Å². The van der Waals surface area contributed by atoms with Crippen LogP contribution < -0.4 is 5.32 Å². The highest BCUT2D eigenvalue weighted by atomic mass is 79.9. The van der Waals surface area contributed by atoms with Gasteiger partial charge in [0.15, 0.2) is 0 Å². The second-order valence-electron chi connectivity index (χ2n) is 4.65. The number of methoxy groups -OCH3 is 1. The Bertz CT molecular complexity index is 481. The molecule has 0 aromatic heterocycles. The molecule has 5 nitrogen and oxygen atoms in total. The number of ether oxygens (including phenoxy) is 1. The Hall–Kier alpha value is -1.05. The molecule has 1 aromatic carbocycles. The molecule has 0 heterocycles. The zero-order valence-corrected chi connectivity index (χ0v) is 14.8. The molecule has 0 saturated heterocycles. The van der Waals surface area contributed by atoms with E-state index in [2.05, 4.69) is 21.2 Å². The number of amides is 1. The second-order valence-corrected chi connectivity index (χ2v) is 6.73. The van der Waals surface area contributed by atoms with E-state index in [0.29, 0.717) is 19.4 Å². The van der Waals surface area contributed by atoms with Gasteiger partial charge in [0.2, 0.25) is 5.91 Å². The fraction of sp³-hybridized carbons (Fsp3) is 0.467. The molecule has 122 valence electrons. The summed E-state index contributed by atoms with van der Waals surface area (Å²) < 4.78 is 5.87. The number of carboxylic acids is 1. The first-order valence-corrected chi connectivity index (χ1v) is 8.70. The first-order valence-electron chi connectivity index (χ1n) is 6.92. The molecule has 1 aromatic rings. The number of aliphatic carboxylic acids is 1. The maximum absolute atomic E-state index is 11.7. The lowest BCUT2D eigenvalue weighted by Gasteiger charge is -2.13. The highest BCUT2D eigenvalue weighted by Gasteiger charge is 2.19. The monoisotopic (exact) mass is 389 g/mol. The van der Waals surface area contributed by atoms with E-state index < -0.39 is 12.0 Å². The van der Waals surface area contributed by atoms with Crippen molar-refractivity contribution in [2.75, 3.05) is 19.5 Å². The van der Waals surface area contributed by atoms with Crippen LogP contribution in [0.1, 0.15) is 19.3 Å². The van der Waals surface area contributed by atoms with Gasteiger partial charge in [0.05, 0.1) is 0 Å².